The second-order valence-corrected chi connectivity index (χ2v) is 16.1. The molecule has 0 saturated carbocycles. The Hall–Kier alpha value is -6.16. The van der Waals surface area contributed by atoms with Crippen LogP contribution < -0.4 is 19.4 Å². The molecule has 1 spiro atoms. The molecule has 272 valence electrons. The Morgan fingerprint density at radius 1 is 0.648 bits per heavy atom. The Labute approximate surface area is 313 Å². The average molecular weight is 721 g/mol. The van der Waals surface area contributed by atoms with Crippen LogP contribution in [-0.4, -0.2) is 65.4 Å². The first-order valence-electron chi connectivity index (χ1n) is 18.1. The zero-order chi connectivity index (χ0) is 38.4. The van der Waals surface area contributed by atoms with Crippen molar-refractivity contribution >= 4 is 51.9 Å². The van der Waals surface area contributed by atoms with Crippen LogP contribution in [0.3, 0.4) is 0 Å². The van der Waals surface area contributed by atoms with Gasteiger partial charge in [-0.25, -0.2) is 0 Å². The molecule has 9 rings (SSSR count). The highest BCUT2D eigenvalue weighted by Crippen LogP contribution is 2.61. The summed E-state index contributed by atoms with van der Waals surface area (Å²) in [5.74, 6) is -1.79. The minimum Gasteiger partial charge on any atom is -0.480 e. The van der Waals surface area contributed by atoms with Gasteiger partial charge in [0.2, 0.25) is 0 Å². The molecule has 0 atom stereocenters. The number of fused-ring (bicyclic) bond motifs is 9. The summed E-state index contributed by atoms with van der Waals surface area (Å²) >= 11 is 0. The average Bonchev–Trinajstić information content (AvgIpc) is 3.51. The maximum atomic E-state index is 15.1. The molecule has 4 aromatic carbocycles. The second-order valence-electron chi connectivity index (χ2n) is 16.1. The van der Waals surface area contributed by atoms with Gasteiger partial charge in [-0.1, -0.05) is 30.4 Å². The molecule has 0 aliphatic carbocycles. The van der Waals surface area contributed by atoms with Crippen LogP contribution in [0, 0.1) is 0 Å². The number of imide groups is 1. The SMILES string of the molecule is CC1=CC(C)(C)N(C)c2cc3c(cc21)C1(c2cc4c(cc2O3)N(C)C(C)(C)C=C4C)c2ccccc2C(=O)N1c1ccc2c(c1)C(=O)N(CC(=O)O)C2=O. The molecule has 10 nitrogen and oxygen atoms in total. The van der Waals surface area contributed by atoms with Crippen molar-refractivity contribution in [3.63, 3.8) is 0 Å². The highest BCUT2D eigenvalue weighted by atomic mass is 16.5. The molecule has 0 radical (unpaired) electrons. The van der Waals surface area contributed by atoms with Gasteiger partial charge in [0, 0.05) is 76.7 Å². The number of ether oxygens (including phenoxy) is 1. The van der Waals surface area contributed by atoms with Crippen LogP contribution in [0.5, 0.6) is 11.5 Å². The van der Waals surface area contributed by atoms with Gasteiger partial charge in [-0.2, -0.15) is 0 Å². The summed E-state index contributed by atoms with van der Waals surface area (Å²) in [6.45, 7) is 12.1. The lowest BCUT2D eigenvalue weighted by Gasteiger charge is -2.47. The number of aliphatic carboxylic acids is 1. The number of benzene rings is 4. The number of hydrogen-bond donors (Lipinski definition) is 1. The zero-order valence-corrected chi connectivity index (χ0v) is 31.5. The van der Waals surface area contributed by atoms with Gasteiger partial charge in [0.1, 0.15) is 23.6 Å². The number of allylic oxidation sites excluding steroid dienone is 2. The van der Waals surface area contributed by atoms with Crippen molar-refractivity contribution in [1.82, 2.24) is 4.90 Å². The highest BCUT2D eigenvalue weighted by Gasteiger charge is 2.58. The largest absolute Gasteiger partial charge is 0.480 e. The Morgan fingerprint density at radius 2 is 1.19 bits per heavy atom. The lowest BCUT2D eigenvalue weighted by atomic mass is 9.72. The van der Waals surface area contributed by atoms with E-state index in [1.165, 1.54) is 6.07 Å². The van der Waals surface area contributed by atoms with Gasteiger partial charge in [0.05, 0.1) is 22.2 Å². The van der Waals surface area contributed by atoms with Crippen LogP contribution in [-0.2, 0) is 10.3 Å². The van der Waals surface area contributed by atoms with Crippen molar-refractivity contribution < 1.29 is 29.0 Å². The molecule has 0 unspecified atom stereocenters. The monoisotopic (exact) mass is 720 g/mol. The van der Waals surface area contributed by atoms with Crippen molar-refractivity contribution in [2.45, 2.75) is 58.2 Å². The first-order valence-corrected chi connectivity index (χ1v) is 18.1. The van der Waals surface area contributed by atoms with Crippen LogP contribution in [0.4, 0.5) is 17.1 Å². The van der Waals surface area contributed by atoms with Crippen LogP contribution >= 0.6 is 0 Å². The van der Waals surface area contributed by atoms with E-state index in [1.54, 1.807) is 17.0 Å². The van der Waals surface area contributed by atoms with E-state index < -0.39 is 29.9 Å². The van der Waals surface area contributed by atoms with Crippen LogP contribution in [0.25, 0.3) is 11.1 Å². The fourth-order valence-corrected chi connectivity index (χ4v) is 9.27. The molecule has 54 heavy (non-hydrogen) atoms. The molecule has 0 aromatic heterocycles. The van der Waals surface area contributed by atoms with Gasteiger partial charge in [-0.05, 0) is 89.1 Å². The van der Waals surface area contributed by atoms with Gasteiger partial charge in [0.15, 0.2) is 0 Å². The first kappa shape index (κ1) is 33.7. The van der Waals surface area contributed by atoms with E-state index in [9.17, 15) is 19.5 Å². The Kier molecular flexibility index (Phi) is 6.68. The number of rotatable bonds is 3. The topological polar surface area (TPSA) is 111 Å². The van der Waals surface area contributed by atoms with E-state index in [2.05, 4.69) is 102 Å². The zero-order valence-electron chi connectivity index (χ0n) is 31.5. The lowest BCUT2D eigenvalue weighted by molar-refractivity contribution is -0.137. The molecule has 0 bridgehead atoms. The molecule has 1 N–H and O–H groups in total. The number of carboxylic acids is 1. The predicted molar refractivity (Wildman–Crippen MR) is 208 cm³/mol. The smallest absolute Gasteiger partial charge is 0.323 e. The number of carbonyl (C=O) groups is 4. The van der Waals surface area contributed by atoms with Crippen molar-refractivity contribution in [2.75, 3.05) is 35.3 Å². The number of carboxylic acid groups (broad SMARTS) is 1. The molecule has 5 heterocycles. The van der Waals surface area contributed by atoms with Crippen molar-refractivity contribution in [2.24, 2.45) is 0 Å². The molecule has 4 aromatic rings. The number of likely N-dealkylation sites (N-methyl/N-ethyl adjacent to an activating group) is 2. The molecule has 5 aliphatic rings. The summed E-state index contributed by atoms with van der Waals surface area (Å²) in [6.07, 6.45) is 4.48. The second kappa shape index (κ2) is 10.7. The third-order valence-electron chi connectivity index (χ3n) is 12.2. The minimum absolute atomic E-state index is 0.0475. The number of anilines is 3. The Bertz CT molecular complexity index is 2430. The van der Waals surface area contributed by atoms with E-state index in [-0.39, 0.29) is 28.1 Å². The van der Waals surface area contributed by atoms with Crippen LogP contribution in [0.2, 0.25) is 0 Å². The molecule has 5 aliphatic heterocycles. The third kappa shape index (κ3) is 4.22. The van der Waals surface area contributed by atoms with E-state index in [0.29, 0.717) is 22.7 Å². The summed E-state index contributed by atoms with van der Waals surface area (Å²) in [5, 5.41) is 9.47. The van der Waals surface area contributed by atoms with Crippen molar-refractivity contribution in [1.29, 1.82) is 0 Å². The fourth-order valence-electron chi connectivity index (χ4n) is 9.27. The van der Waals surface area contributed by atoms with Crippen LogP contribution in [0.15, 0.2) is 78.9 Å². The van der Waals surface area contributed by atoms with Crippen molar-refractivity contribution in [3.8, 4) is 11.5 Å². The Morgan fingerprint density at radius 3 is 1.74 bits per heavy atom. The summed E-state index contributed by atoms with van der Waals surface area (Å²) in [5.41, 5.74) is 7.68. The molecule has 3 amide bonds. The van der Waals surface area contributed by atoms with Gasteiger partial charge in [-0.15, -0.1) is 0 Å². The summed E-state index contributed by atoms with van der Waals surface area (Å²) in [6, 6.07) is 20.8. The summed E-state index contributed by atoms with van der Waals surface area (Å²) in [4.78, 5) is 60.6. The first-order chi connectivity index (χ1) is 25.5. The number of hydrogen-bond acceptors (Lipinski definition) is 7. The number of nitrogens with zero attached hydrogens (tertiary/aromatic N) is 4. The summed E-state index contributed by atoms with van der Waals surface area (Å²) in [7, 11) is 4.14. The maximum absolute atomic E-state index is 15.1. The third-order valence-corrected chi connectivity index (χ3v) is 12.2. The quantitative estimate of drug-likeness (QED) is 0.215. The molecule has 0 saturated heterocycles. The van der Waals surface area contributed by atoms with E-state index in [1.807, 2.05) is 24.3 Å². The lowest BCUT2D eigenvalue weighted by Crippen LogP contribution is -2.48. The summed E-state index contributed by atoms with van der Waals surface area (Å²) < 4.78 is 7.00. The van der Waals surface area contributed by atoms with Crippen LogP contribution in [0.1, 0.15) is 100 Å². The molecular formula is C44H40N4O6. The van der Waals surface area contributed by atoms with E-state index >= 15 is 4.79 Å². The van der Waals surface area contributed by atoms with Gasteiger partial charge < -0.3 is 19.6 Å². The van der Waals surface area contributed by atoms with Crippen molar-refractivity contribution in [3.05, 3.63) is 123 Å². The maximum Gasteiger partial charge on any atom is 0.323 e. The van der Waals surface area contributed by atoms with E-state index in [4.69, 9.17) is 4.74 Å². The number of carbonyl (C=O) groups excluding carboxylic acids is 3. The predicted octanol–water partition coefficient (Wildman–Crippen LogP) is 7.69. The van der Waals surface area contributed by atoms with Gasteiger partial charge in [-0.3, -0.25) is 29.0 Å². The molecule has 0 fully saturated rings. The Balaban J connectivity index is 1.38. The minimum atomic E-state index is -1.30. The van der Waals surface area contributed by atoms with Gasteiger partial charge in [0.25, 0.3) is 17.7 Å². The molecule has 10 heteroatoms. The fraction of sp³-hybridized carbons (Fsp3) is 0.273. The van der Waals surface area contributed by atoms with E-state index in [0.717, 1.165) is 55.2 Å². The normalized spacial score (nSPS) is 19.4. The molecular weight excluding hydrogens is 681 g/mol. The number of amides is 3. The standard InChI is InChI=1S/C44H40N4O6/c1-23-20-42(3,4)45(7)34-18-36-32(16-28(23)34)44(33-17-29-24(2)21-43(5,6)46(8)35(29)19-37(33)54-36)31-12-10-9-11-27(31)41(53)48(44)25-13-14-26-30(15-25)40(52)47(39(26)51)22-38(49)50/h9-21H,22H2,1-8H3,(H,49,50). The van der Waals surface area contributed by atoms with Gasteiger partial charge >= 0.3 is 5.97 Å². The highest BCUT2D eigenvalue weighted by molar-refractivity contribution is 6.23.